The standard InChI is InChI=1S/C18H15N3O2/c22-17(21-18-19-11-4-12-20-18)15-9-7-14(8-10-15)13-23-16-5-2-1-3-6-16/h1-12H,13H2,(H,19,20,21,22). The van der Waals surface area contributed by atoms with Gasteiger partial charge in [0.15, 0.2) is 0 Å². The van der Waals surface area contributed by atoms with E-state index in [2.05, 4.69) is 15.3 Å². The molecule has 0 atom stereocenters. The fourth-order valence-electron chi connectivity index (χ4n) is 1.97. The molecule has 0 unspecified atom stereocenters. The molecule has 0 aliphatic carbocycles. The minimum absolute atomic E-state index is 0.244. The van der Waals surface area contributed by atoms with Crippen LogP contribution in [0.3, 0.4) is 0 Å². The van der Waals surface area contributed by atoms with Crippen molar-refractivity contribution in [2.75, 3.05) is 5.32 Å². The highest BCUT2D eigenvalue weighted by Gasteiger charge is 2.07. The molecule has 3 aromatic rings. The molecule has 0 bridgehead atoms. The van der Waals surface area contributed by atoms with Gasteiger partial charge in [0.25, 0.3) is 5.91 Å². The largest absolute Gasteiger partial charge is 0.489 e. The molecule has 5 heteroatoms. The summed E-state index contributed by atoms with van der Waals surface area (Å²) < 4.78 is 5.67. The van der Waals surface area contributed by atoms with Crippen LogP contribution in [0.1, 0.15) is 15.9 Å². The number of hydrogen-bond donors (Lipinski definition) is 1. The molecule has 1 aromatic heterocycles. The summed E-state index contributed by atoms with van der Waals surface area (Å²) in [6.45, 7) is 0.452. The summed E-state index contributed by atoms with van der Waals surface area (Å²) in [6, 6.07) is 18.5. The van der Waals surface area contributed by atoms with E-state index in [1.165, 1.54) is 0 Å². The van der Waals surface area contributed by atoms with Crippen molar-refractivity contribution < 1.29 is 9.53 Å². The van der Waals surface area contributed by atoms with Gasteiger partial charge in [-0.15, -0.1) is 0 Å². The maximum absolute atomic E-state index is 12.1. The molecule has 1 N–H and O–H groups in total. The van der Waals surface area contributed by atoms with Gasteiger partial charge in [-0.3, -0.25) is 10.1 Å². The Labute approximate surface area is 134 Å². The Hall–Kier alpha value is -3.21. The van der Waals surface area contributed by atoms with E-state index in [1.54, 1.807) is 30.6 Å². The first-order chi connectivity index (χ1) is 11.3. The molecular weight excluding hydrogens is 290 g/mol. The lowest BCUT2D eigenvalue weighted by Crippen LogP contribution is -2.13. The fourth-order valence-corrected chi connectivity index (χ4v) is 1.97. The average Bonchev–Trinajstić information content (AvgIpc) is 2.62. The number of amides is 1. The predicted molar refractivity (Wildman–Crippen MR) is 87.2 cm³/mol. The maximum atomic E-state index is 12.1. The summed E-state index contributed by atoms with van der Waals surface area (Å²) in [5, 5.41) is 2.64. The van der Waals surface area contributed by atoms with E-state index < -0.39 is 0 Å². The number of ether oxygens (including phenoxy) is 1. The van der Waals surface area contributed by atoms with Gasteiger partial charge < -0.3 is 4.74 Å². The van der Waals surface area contributed by atoms with Gasteiger partial charge >= 0.3 is 0 Å². The third kappa shape index (κ3) is 4.14. The van der Waals surface area contributed by atoms with Crippen LogP contribution in [0.25, 0.3) is 0 Å². The molecule has 114 valence electrons. The quantitative estimate of drug-likeness (QED) is 0.785. The number of nitrogens with one attached hydrogen (secondary N) is 1. The Bertz CT molecular complexity index is 759. The molecule has 1 amide bonds. The van der Waals surface area contributed by atoms with Crippen LogP contribution in [0.5, 0.6) is 5.75 Å². The molecule has 23 heavy (non-hydrogen) atoms. The highest BCUT2D eigenvalue weighted by atomic mass is 16.5. The van der Waals surface area contributed by atoms with Crippen molar-refractivity contribution in [3.05, 3.63) is 84.2 Å². The Morgan fingerprint density at radius 2 is 1.61 bits per heavy atom. The monoisotopic (exact) mass is 305 g/mol. The molecule has 2 aromatic carbocycles. The highest BCUT2D eigenvalue weighted by molar-refractivity contribution is 6.03. The Morgan fingerprint density at radius 1 is 0.913 bits per heavy atom. The zero-order valence-corrected chi connectivity index (χ0v) is 12.3. The zero-order chi connectivity index (χ0) is 15.9. The number of rotatable bonds is 5. The third-order valence-corrected chi connectivity index (χ3v) is 3.16. The van der Waals surface area contributed by atoms with Crippen molar-refractivity contribution in [3.8, 4) is 5.75 Å². The van der Waals surface area contributed by atoms with E-state index in [1.807, 2.05) is 42.5 Å². The van der Waals surface area contributed by atoms with Gasteiger partial charge in [-0.1, -0.05) is 30.3 Å². The normalized spacial score (nSPS) is 10.1. The Kier molecular flexibility index (Phi) is 4.59. The van der Waals surface area contributed by atoms with Gasteiger partial charge in [0.05, 0.1) is 0 Å². The second-order valence-electron chi connectivity index (χ2n) is 4.83. The first kappa shape index (κ1) is 14.7. The van der Waals surface area contributed by atoms with Crippen molar-refractivity contribution in [3.63, 3.8) is 0 Å². The van der Waals surface area contributed by atoms with Crippen molar-refractivity contribution >= 4 is 11.9 Å². The summed E-state index contributed by atoms with van der Waals surface area (Å²) in [5.41, 5.74) is 1.53. The number of nitrogens with zero attached hydrogens (tertiary/aromatic N) is 2. The number of para-hydroxylation sites is 1. The summed E-state index contributed by atoms with van der Waals surface area (Å²) in [7, 11) is 0. The second-order valence-corrected chi connectivity index (χ2v) is 4.83. The van der Waals surface area contributed by atoms with Crippen LogP contribution in [-0.4, -0.2) is 15.9 Å². The fraction of sp³-hybridized carbons (Fsp3) is 0.0556. The molecule has 0 saturated carbocycles. The van der Waals surface area contributed by atoms with E-state index in [4.69, 9.17) is 4.74 Å². The number of aromatic nitrogens is 2. The molecule has 0 aliphatic heterocycles. The number of carbonyl (C=O) groups is 1. The predicted octanol–water partition coefficient (Wildman–Crippen LogP) is 3.31. The topological polar surface area (TPSA) is 64.1 Å². The van der Waals surface area contributed by atoms with Crippen LogP contribution >= 0.6 is 0 Å². The summed E-state index contributed by atoms with van der Waals surface area (Å²) >= 11 is 0. The molecule has 3 rings (SSSR count). The minimum Gasteiger partial charge on any atom is -0.489 e. The summed E-state index contributed by atoms with van der Waals surface area (Å²) in [4.78, 5) is 20.0. The smallest absolute Gasteiger partial charge is 0.258 e. The molecule has 0 spiro atoms. The van der Waals surface area contributed by atoms with Crippen LogP contribution in [0.15, 0.2) is 73.1 Å². The highest BCUT2D eigenvalue weighted by Crippen LogP contribution is 2.12. The average molecular weight is 305 g/mol. The molecule has 0 fully saturated rings. The van der Waals surface area contributed by atoms with Gasteiger partial charge in [0.1, 0.15) is 12.4 Å². The molecule has 0 radical (unpaired) electrons. The van der Waals surface area contributed by atoms with Crippen LogP contribution in [-0.2, 0) is 6.61 Å². The minimum atomic E-state index is -0.244. The molecule has 5 nitrogen and oxygen atoms in total. The Morgan fingerprint density at radius 3 is 2.30 bits per heavy atom. The molecule has 0 saturated heterocycles. The SMILES string of the molecule is O=C(Nc1ncccn1)c1ccc(COc2ccccc2)cc1. The maximum Gasteiger partial charge on any atom is 0.258 e. The van der Waals surface area contributed by atoms with E-state index in [-0.39, 0.29) is 11.9 Å². The number of hydrogen-bond acceptors (Lipinski definition) is 4. The van der Waals surface area contributed by atoms with Crippen molar-refractivity contribution in [1.29, 1.82) is 0 Å². The first-order valence-corrected chi connectivity index (χ1v) is 7.16. The zero-order valence-electron chi connectivity index (χ0n) is 12.3. The summed E-state index contributed by atoms with van der Waals surface area (Å²) in [5.74, 6) is 0.858. The van der Waals surface area contributed by atoms with Gasteiger partial charge in [-0.2, -0.15) is 0 Å². The lowest BCUT2D eigenvalue weighted by atomic mass is 10.1. The first-order valence-electron chi connectivity index (χ1n) is 7.16. The third-order valence-electron chi connectivity index (χ3n) is 3.16. The lowest BCUT2D eigenvalue weighted by molar-refractivity contribution is 0.102. The summed E-state index contributed by atoms with van der Waals surface area (Å²) in [6.07, 6.45) is 3.15. The Balaban J connectivity index is 1.59. The van der Waals surface area contributed by atoms with E-state index in [0.29, 0.717) is 12.2 Å². The van der Waals surface area contributed by atoms with Gasteiger partial charge in [-0.05, 0) is 35.9 Å². The van der Waals surface area contributed by atoms with E-state index in [9.17, 15) is 4.79 Å². The number of carbonyl (C=O) groups excluding carboxylic acids is 1. The second kappa shape index (κ2) is 7.17. The number of anilines is 1. The van der Waals surface area contributed by atoms with E-state index in [0.717, 1.165) is 11.3 Å². The number of benzene rings is 2. The van der Waals surface area contributed by atoms with Crippen LogP contribution in [0, 0.1) is 0 Å². The molecule has 0 aliphatic rings. The van der Waals surface area contributed by atoms with Gasteiger partial charge in [0.2, 0.25) is 5.95 Å². The molecule has 1 heterocycles. The van der Waals surface area contributed by atoms with Crippen LogP contribution in [0.4, 0.5) is 5.95 Å². The van der Waals surface area contributed by atoms with Crippen LogP contribution < -0.4 is 10.1 Å². The van der Waals surface area contributed by atoms with Crippen molar-refractivity contribution in [2.24, 2.45) is 0 Å². The van der Waals surface area contributed by atoms with E-state index >= 15 is 0 Å². The van der Waals surface area contributed by atoms with Crippen LogP contribution in [0.2, 0.25) is 0 Å². The molecular formula is C18H15N3O2. The van der Waals surface area contributed by atoms with Crippen molar-refractivity contribution in [1.82, 2.24) is 9.97 Å². The lowest BCUT2D eigenvalue weighted by Gasteiger charge is -2.07. The van der Waals surface area contributed by atoms with Crippen molar-refractivity contribution in [2.45, 2.75) is 6.61 Å². The van der Waals surface area contributed by atoms with Gasteiger partial charge in [0, 0.05) is 18.0 Å². The van der Waals surface area contributed by atoms with Gasteiger partial charge in [-0.25, -0.2) is 9.97 Å².